The summed E-state index contributed by atoms with van der Waals surface area (Å²) in [6.07, 6.45) is 0. The van der Waals surface area contributed by atoms with Gasteiger partial charge in [0.2, 0.25) is 0 Å². The van der Waals surface area contributed by atoms with Crippen LogP contribution in [0.2, 0.25) is 0 Å². The van der Waals surface area contributed by atoms with Crippen molar-refractivity contribution in [3.05, 3.63) is 0 Å². The summed E-state index contributed by atoms with van der Waals surface area (Å²) in [5.41, 5.74) is -0.405. The van der Waals surface area contributed by atoms with Crippen LogP contribution in [0.1, 0.15) is 20.8 Å². The van der Waals surface area contributed by atoms with Gasteiger partial charge in [0.1, 0.15) is 0 Å². The van der Waals surface area contributed by atoms with Gasteiger partial charge in [-0.1, -0.05) is 0 Å². The predicted molar refractivity (Wildman–Crippen MR) is 52.7 cm³/mol. The van der Waals surface area contributed by atoms with E-state index in [0.29, 0.717) is 12.1 Å². The minimum absolute atomic E-state index is 0.405. The summed E-state index contributed by atoms with van der Waals surface area (Å²) in [4.78, 5) is 4.86. The molecule has 1 N–H and O–H groups in total. The number of β-amino-alcohol motifs (C(OH)–C–C–N with tert-alkyl or cyclic N) is 1. The molecule has 0 radical (unpaired) electrons. The van der Waals surface area contributed by atoms with Crippen LogP contribution in [0.4, 0.5) is 0 Å². The Labute approximate surface area is 80.3 Å². The zero-order valence-electron chi connectivity index (χ0n) is 8.82. The molecule has 0 spiro atoms. The number of rotatable bonds is 2. The molecule has 0 bridgehead atoms. The summed E-state index contributed by atoms with van der Waals surface area (Å²) in [5.74, 6) is 0. The fourth-order valence-corrected chi connectivity index (χ4v) is 2.23. The highest BCUT2D eigenvalue weighted by molar-refractivity contribution is 5.00. The Morgan fingerprint density at radius 3 is 2.23 bits per heavy atom. The molecule has 2 fully saturated rings. The lowest BCUT2D eigenvalue weighted by Crippen LogP contribution is -2.71. The first-order chi connectivity index (χ1) is 5.98. The van der Waals surface area contributed by atoms with E-state index < -0.39 is 5.60 Å². The highest BCUT2D eigenvalue weighted by Crippen LogP contribution is 2.27. The Kier molecular flexibility index (Phi) is 2.13. The zero-order valence-corrected chi connectivity index (χ0v) is 8.82. The highest BCUT2D eigenvalue weighted by Gasteiger charge is 2.44. The molecule has 2 aliphatic rings. The SMILES string of the molecule is CC(C)N1CC(N2CC(C)(O)C2)C1. The van der Waals surface area contributed by atoms with Crippen LogP contribution in [0.3, 0.4) is 0 Å². The van der Waals surface area contributed by atoms with Gasteiger partial charge in [0.25, 0.3) is 0 Å². The summed E-state index contributed by atoms with van der Waals surface area (Å²) in [6.45, 7) is 10.5. The standard InChI is InChI=1S/C10H20N2O/c1-8(2)11-4-9(5-11)12-6-10(3,13)7-12/h8-9,13H,4-7H2,1-3H3. The predicted octanol–water partition coefficient (Wildman–Crippen LogP) is 0.146. The normalized spacial score (nSPS) is 30.2. The average Bonchev–Trinajstić information content (AvgIpc) is 1.78. The lowest BCUT2D eigenvalue weighted by atomic mass is 9.91. The fraction of sp³-hybridized carbons (Fsp3) is 1.00. The van der Waals surface area contributed by atoms with Crippen LogP contribution in [0.25, 0.3) is 0 Å². The maximum atomic E-state index is 9.57. The Bertz CT molecular complexity index is 189. The van der Waals surface area contributed by atoms with Crippen LogP contribution in [0.5, 0.6) is 0 Å². The van der Waals surface area contributed by atoms with Crippen molar-refractivity contribution in [2.45, 2.75) is 38.5 Å². The molecule has 0 aliphatic carbocycles. The minimum atomic E-state index is -0.405. The number of nitrogens with zero attached hydrogens (tertiary/aromatic N) is 2. The van der Waals surface area contributed by atoms with Crippen LogP contribution in [-0.2, 0) is 0 Å². The maximum absolute atomic E-state index is 9.57. The minimum Gasteiger partial charge on any atom is -0.388 e. The molecular weight excluding hydrogens is 164 g/mol. The van der Waals surface area contributed by atoms with Crippen molar-refractivity contribution in [3.63, 3.8) is 0 Å². The van der Waals surface area contributed by atoms with Crippen molar-refractivity contribution in [1.29, 1.82) is 0 Å². The molecule has 0 unspecified atom stereocenters. The second-order valence-electron chi connectivity index (χ2n) is 5.10. The molecule has 13 heavy (non-hydrogen) atoms. The first-order valence-corrected chi connectivity index (χ1v) is 5.18. The number of aliphatic hydroxyl groups is 1. The quantitative estimate of drug-likeness (QED) is 0.661. The van der Waals surface area contributed by atoms with Gasteiger partial charge in [0.15, 0.2) is 0 Å². The molecule has 0 atom stereocenters. The van der Waals surface area contributed by atoms with E-state index in [1.165, 1.54) is 13.1 Å². The van der Waals surface area contributed by atoms with Crippen LogP contribution in [0.15, 0.2) is 0 Å². The van der Waals surface area contributed by atoms with E-state index in [9.17, 15) is 5.11 Å². The summed E-state index contributed by atoms with van der Waals surface area (Å²) in [6, 6.07) is 1.39. The zero-order chi connectivity index (χ0) is 9.64. The van der Waals surface area contributed by atoms with E-state index in [0.717, 1.165) is 13.1 Å². The largest absolute Gasteiger partial charge is 0.388 e. The van der Waals surface area contributed by atoms with Gasteiger partial charge < -0.3 is 5.11 Å². The molecule has 0 aromatic carbocycles. The average molecular weight is 184 g/mol. The number of hydrogen-bond donors (Lipinski definition) is 1. The van der Waals surface area contributed by atoms with E-state index in [4.69, 9.17) is 0 Å². The first kappa shape index (κ1) is 9.44. The molecule has 0 amide bonds. The highest BCUT2D eigenvalue weighted by atomic mass is 16.3. The van der Waals surface area contributed by atoms with Crippen molar-refractivity contribution in [2.24, 2.45) is 0 Å². The van der Waals surface area contributed by atoms with Crippen LogP contribution < -0.4 is 0 Å². The van der Waals surface area contributed by atoms with Crippen LogP contribution in [0, 0.1) is 0 Å². The monoisotopic (exact) mass is 184 g/mol. The molecule has 76 valence electrons. The summed E-state index contributed by atoms with van der Waals surface area (Å²) < 4.78 is 0. The maximum Gasteiger partial charge on any atom is 0.0872 e. The third-order valence-electron chi connectivity index (χ3n) is 3.22. The summed E-state index contributed by atoms with van der Waals surface area (Å²) in [7, 11) is 0. The van der Waals surface area contributed by atoms with Gasteiger partial charge in [-0.05, 0) is 20.8 Å². The van der Waals surface area contributed by atoms with Gasteiger partial charge in [-0.3, -0.25) is 9.80 Å². The summed E-state index contributed by atoms with van der Waals surface area (Å²) in [5, 5.41) is 9.57. The van der Waals surface area contributed by atoms with Gasteiger partial charge in [0, 0.05) is 38.3 Å². The second-order valence-corrected chi connectivity index (χ2v) is 5.10. The van der Waals surface area contributed by atoms with Gasteiger partial charge in [-0.15, -0.1) is 0 Å². The first-order valence-electron chi connectivity index (χ1n) is 5.18. The third-order valence-corrected chi connectivity index (χ3v) is 3.22. The van der Waals surface area contributed by atoms with E-state index in [2.05, 4.69) is 23.6 Å². The topological polar surface area (TPSA) is 26.7 Å². The molecule has 2 heterocycles. The van der Waals surface area contributed by atoms with E-state index in [1.54, 1.807) is 0 Å². The molecule has 2 saturated heterocycles. The Balaban J connectivity index is 1.71. The molecular formula is C10H20N2O. The van der Waals surface area contributed by atoms with E-state index in [-0.39, 0.29) is 0 Å². The lowest BCUT2D eigenvalue weighted by molar-refractivity contribution is -0.131. The second kappa shape index (κ2) is 2.94. The molecule has 3 nitrogen and oxygen atoms in total. The smallest absolute Gasteiger partial charge is 0.0872 e. The molecule has 3 heteroatoms. The Morgan fingerprint density at radius 2 is 1.85 bits per heavy atom. The Morgan fingerprint density at radius 1 is 1.31 bits per heavy atom. The van der Waals surface area contributed by atoms with Crippen molar-refractivity contribution < 1.29 is 5.11 Å². The van der Waals surface area contributed by atoms with Crippen molar-refractivity contribution >= 4 is 0 Å². The van der Waals surface area contributed by atoms with Crippen LogP contribution in [-0.4, -0.2) is 58.8 Å². The van der Waals surface area contributed by atoms with Crippen molar-refractivity contribution in [2.75, 3.05) is 26.2 Å². The van der Waals surface area contributed by atoms with Gasteiger partial charge >= 0.3 is 0 Å². The molecule has 2 rings (SSSR count). The summed E-state index contributed by atoms with van der Waals surface area (Å²) >= 11 is 0. The van der Waals surface area contributed by atoms with E-state index >= 15 is 0 Å². The van der Waals surface area contributed by atoms with E-state index in [1.807, 2.05) is 6.92 Å². The molecule has 0 aromatic heterocycles. The number of likely N-dealkylation sites (tertiary alicyclic amines) is 2. The van der Waals surface area contributed by atoms with Crippen molar-refractivity contribution in [3.8, 4) is 0 Å². The number of hydrogen-bond acceptors (Lipinski definition) is 3. The van der Waals surface area contributed by atoms with Crippen molar-refractivity contribution in [1.82, 2.24) is 9.80 Å². The molecule has 0 saturated carbocycles. The molecule has 0 aromatic rings. The third kappa shape index (κ3) is 1.73. The van der Waals surface area contributed by atoms with Gasteiger partial charge in [-0.25, -0.2) is 0 Å². The Hall–Kier alpha value is -0.120. The van der Waals surface area contributed by atoms with Gasteiger partial charge in [0.05, 0.1) is 5.60 Å². The van der Waals surface area contributed by atoms with Crippen LogP contribution >= 0.6 is 0 Å². The van der Waals surface area contributed by atoms with Gasteiger partial charge in [-0.2, -0.15) is 0 Å². The fourth-order valence-electron chi connectivity index (χ4n) is 2.23. The molecule has 2 aliphatic heterocycles. The lowest BCUT2D eigenvalue weighted by Gasteiger charge is -2.55.